The van der Waals surface area contributed by atoms with Crippen molar-refractivity contribution in [2.75, 3.05) is 6.79 Å². The molecular formula is C32H41N3O3Si. The van der Waals surface area contributed by atoms with Crippen molar-refractivity contribution in [1.82, 2.24) is 14.5 Å². The maximum absolute atomic E-state index is 6.88. The van der Waals surface area contributed by atoms with Crippen LogP contribution in [0.5, 0.6) is 11.5 Å². The summed E-state index contributed by atoms with van der Waals surface area (Å²) in [6.07, 6.45) is 10.3. The van der Waals surface area contributed by atoms with Gasteiger partial charge >= 0.3 is 0 Å². The highest BCUT2D eigenvalue weighted by molar-refractivity contribution is 6.74. The van der Waals surface area contributed by atoms with E-state index in [2.05, 4.69) is 74.8 Å². The van der Waals surface area contributed by atoms with Gasteiger partial charge in [-0.05, 0) is 87.5 Å². The lowest BCUT2D eigenvalue weighted by Gasteiger charge is -2.44. The fourth-order valence-corrected chi connectivity index (χ4v) is 7.51. The van der Waals surface area contributed by atoms with Crippen molar-refractivity contribution in [3.63, 3.8) is 0 Å². The topological polar surface area (TPSA) is 58.4 Å². The summed E-state index contributed by atoms with van der Waals surface area (Å²) in [5, 5.41) is 0.221. The zero-order valence-electron chi connectivity index (χ0n) is 24.2. The predicted octanol–water partition coefficient (Wildman–Crippen LogP) is 7.81. The van der Waals surface area contributed by atoms with Gasteiger partial charge in [0.15, 0.2) is 19.8 Å². The highest BCUT2D eigenvalue weighted by Crippen LogP contribution is 2.49. The number of hydrogen-bond donors (Lipinski definition) is 0. The molecule has 0 bridgehead atoms. The fraction of sp³-hybridized carbons (Fsp3) is 0.500. The Bertz CT molecular complexity index is 1410. The molecule has 1 aliphatic carbocycles. The first-order valence-corrected chi connectivity index (χ1v) is 17.3. The highest BCUT2D eigenvalue weighted by Gasteiger charge is 2.45. The molecule has 0 N–H and O–H groups in total. The third kappa shape index (κ3) is 4.74. The van der Waals surface area contributed by atoms with Crippen LogP contribution in [0, 0.1) is 6.92 Å². The average Bonchev–Trinajstić information content (AvgIpc) is 3.47. The number of benzene rings is 1. The van der Waals surface area contributed by atoms with Crippen LogP contribution >= 0.6 is 0 Å². The standard InChI is InChI=1S/C32H41N3O3Si/c1-22-10-9-11-25(33-22)28-29(23-12-13-26-27(20-23)37-21-36-26)35-19-8-7-16-32(30(35)34-28)17-14-24(15-18-32)38-39(5,6)31(2,3)4/h7-13,20,24H,14-19,21H2,1-6H3. The van der Waals surface area contributed by atoms with E-state index < -0.39 is 8.32 Å². The molecule has 0 saturated heterocycles. The van der Waals surface area contributed by atoms with E-state index in [1.807, 2.05) is 19.1 Å². The average molecular weight is 544 g/mol. The van der Waals surface area contributed by atoms with Gasteiger partial charge in [-0.1, -0.05) is 39.0 Å². The van der Waals surface area contributed by atoms with Gasteiger partial charge in [-0.2, -0.15) is 0 Å². The molecular weight excluding hydrogens is 502 g/mol. The number of ether oxygens (including phenoxy) is 2. The van der Waals surface area contributed by atoms with Gasteiger partial charge in [0.2, 0.25) is 6.79 Å². The van der Waals surface area contributed by atoms with Crippen molar-refractivity contribution in [2.45, 2.75) is 96.0 Å². The third-order valence-electron chi connectivity index (χ3n) is 9.34. The summed E-state index contributed by atoms with van der Waals surface area (Å²) in [5.41, 5.74) is 5.03. The first kappa shape index (κ1) is 26.3. The minimum absolute atomic E-state index is 0.00649. The highest BCUT2D eigenvalue weighted by atomic mass is 28.4. The molecule has 1 aromatic carbocycles. The van der Waals surface area contributed by atoms with Gasteiger partial charge in [-0.25, -0.2) is 4.98 Å². The molecule has 2 aromatic heterocycles. The summed E-state index contributed by atoms with van der Waals surface area (Å²) in [5.74, 6) is 2.76. The van der Waals surface area contributed by atoms with Gasteiger partial charge < -0.3 is 18.5 Å². The van der Waals surface area contributed by atoms with E-state index >= 15 is 0 Å². The molecule has 4 heterocycles. The van der Waals surface area contributed by atoms with Crippen LogP contribution in [0.2, 0.25) is 18.1 Å². The van der Waals surface area contributed by atoms with Crippen LogP contribution in [0.15, 0.2) is 48.6 Å². The second-order valence-corrected chi connectivity index (χ2v) is 17.8. The van der Waals surface area contributed by atoms with E-state index in [4.69, 9.17) is 23.9 Å². The van der Waals surface area contributed by atoms with Gasteiger partial charge in [0.25, 0.3) is 0 Å². The van der Waals surface area contributed by atoms with Gasteiger partial charge in [0.05, 0.1) is 11.4 Å². The van der Waals surface area contributed by atoms with E-state index in [0.29, 0.717) is 6.10 Å². The Hall–Kier alpha value is -2.90. The molecule has 1 saturated carbocycles. The maximum atomic E-state index is 6.88. The van der Waals surface area contributed by atoms with Crippen molar-refractivity contribution < 1.29 is 13.9 Å². The van der Waals surface area contributed by atoms with Crippen LogP contribution < -0.4 is 9.47 Å². The lowest BCUT2D eigenvalue weighted by Crippen LogP contribution is -2.46. The van der Waals surface area contributed by atoms with E-state index in [0.717, 1.165) is 78.5 Å². The molecule has 0 atom stereocenters. The summed E-state index contributed by atoms with van der Waals surface area (Å²) in [6.45, 7) is 14.8. The molecule has 0 amide bonds. The van der Waals surface area contributed by atoms with Gasteiger partial charge in [0, 0.05) is 29.3 Å². The van der Waals surface area contributed by atoms with Crippen molar-refractivity contribution in [2.24, 2.45) is 0 Å². The number of hydrogen-bond acceptors (Lipinski definition) is 5. The Labute approximate surface area is 233 Å². The predicted molar refractivity (Wildman–Crippen MR) is 158 cm³/mol. The molecule has 3 aromatic rings. The second kappa shape index (κ2) is 9.63. The SMILES string of the molecule is Cc1cccc(-c2nc3n(c2-c2ccc4c(c2)OCO4)CC=CCC32CCC(O[Si](C)(C)C(C)(C)C)CC2)n1. The summed E-state index contributed by atoms with van der Waals surface area (Å²) in [4.78, 5) is 10.4. The molecule has 6 rings (SSSR count). The van der Waals surface area contributed by atoms with Crippen LogP contribution in [-0.4, -0.2) is 35.7 Å². The minimum Gasteiger partial charge on any atom is -0.454 e. The number of imidazole rings is 1. The lowest BCUT2D eigenvalue weighted by molar-refractivity contribution is 0.1000. The van der Waals surface area contributed by atoms with Crippen LogP contribution in [0.4, 0.5) is 0 Å². The Morgan fingerprint density at radius 1 is 1.00 bits per heavy atom. The van der Waals surface area contributed by atoms with E-state index in [-0.39, 0.29) is 17.2 Å². The Kier molecular flexibility index (Phi) is 6.50. The summed E-state index contributed by atoms with van der Waals surface area (Å²) in [7, 11) is -1.81. The molecule has 1 spiro atoms. The number of nitrogens with zero attached hydrogens (tertiary/aromatic N) is 3. The van der Waals surface area contributed by atoms with Crippen molar-refractivity contribution >= 4 is 8.32 Å². The number of rotatable bonds is 4. The molecule has 0 unspecified atom stereocenters. The summed E-state index contributed by atoms with van der Waals surface area (Å²) >= 11 is 0. The van der Waals surface area contributed by atoms with Crippen LogP contribution in [-0.2, 0) is 16.4 Å². The minimum atomic E-state index is -1.81. The molecule has 2 aliphatic heterocycles. The third-order valence-corrected chi connectivity index (χ3v) is 13.9. The molecule has 1 fully saturated rings. The second-order valence-electron chi connectivity index (χ2n) is 13.0. The Balaban J connectivity index is 1.42. The van der Waals surface area contributed by atoms with Crippen molar-refractivity contribution in [1.29, 1.82) is 0 Å². The number of pyridine rings is 1. The smallest absolute Gasteiger partial charge is 0.231 e. The van der Waals surface area contributed by atoms with Crippen molar-refractivity contribution in [3.8, 4) is 34.1 Å². The van der Waals surface area contributed by atoms with E-state index in [1.165, 1.54) is 5.82 Å². The first-order valence-electron chi connectivity index (χ1n) is 14.3. The van der Waals surface area contributed by atoms with Gasteiger partial charge in [0.1, 0.15) is 11.5 Å². The van der Waals surface area contributed by atoms with E-state index in [9.17, 15) is 0 Å². The first-order chi connectivity index (χ1) is 18.6. The molecule has 39 heavy (non-hydrogen) atoms. The van der Waals surface area contributed by atoms with Gasteiger partial charge in [-0.15, -0.1) is 0 Å². The summed E-state index contributed by atoms with van der Waals surface area (Å²) in [6, 6.07) is 12.4. The molecule has 6 nitrogen and oxygen atoms in total. The number of allylic oxidation sites excluding steroid dienone is 2. The number of aryl methyl sites for hydroxylation is 1. The normalized spacial score (nSPS) is 22.7. The van der Waals surface area contributed by atoms with Crippen LogP contribution in [0.25, 0.3) is 22.6 Å². The van der Waals surface area contributed by atoms with E-state index in [1.54, 1.807) is 0 Å². The Morgan fingerprint density at radius 3 is 2.51 bits per heavy atom. The maximum Gasteiger partial charge on any atom is 0.231 e. The largest absolute Gasteiger partial charge is 0.454 e. The van der Waals surface area contributed by atoms with Crippen LogP contribution in [0.3, 0.4) is 0 Å². The number of fused-ring (bicyclic) bond motifs is 3. The van der Waals surface area contributed by atoms with Crippen LogP contribution in [0.1, 0.15) is 64.4 Å². The summed E-state index contributed by atoms with van der Waals surface area (Å²) < 4.78 is 20.7. The number of aromatic nitrogens is 3. The quantitative estimate of drug-likeness (QED) is 0.248. The zero-order chi connectivity index (χ0) is 27.4. The monoisotopic (exact) mass is 543 g/mol. The van der Waals surface area contributed by atoms with Gasteiger partial charge in [-0.3, -0.25) is 4.98 Å². The van der Waals surface area contributed by atoms with Crippen molar-refractivity contribution in [3.05, 3.63) is 60.1 Å². The lowest BCUT2D eigenvalue weighted by atomic mass is 9.70. The molecule has 3 aliphatic rings. The zero-order valence-corrected chi connectivity index (χ0v) is 25.2. The Morgan fingerprint density at radius 2 is 1.77 bits per heavy atom. The molecule has 7 heteroatoms. The molecule has 0 radical (unpaired) electrons. The fourth-order valence-electron chi connectivity index (χ4n) is 6.09. The molecule has 206 valence electrons.